The maximum Gasteiger partial charge on any atom is 0.308 e. The molecule has 0 spiro atoms. The highest BCUT2D eigenvalue weighted by Crippen LogP contribution is 2.70. The minimum absolute atomic E-state index is 0.0346. The average molecular weight is 320 g/mol. The van der Waals surface area contributed by atoms with Crippen molar-refractivity contribution >= 4 is 5.97 Å². The van der Waals surface area contributed by atoms with Crippen molar-refractivity contribution in [1.82, 2.24) is 0 Å². The molecule has 130 valence electrons. The second kappa shape index (κ2) is 5.75. The van der Waals surface area contributed by atoms with E-state index in [1.807, 2.05) is 6.92 Å². The van der Waals surface area contributed by atoms with Gasteiger partial charge < -0.3 is 9.47 Å². The molecule has 7 unspecified atom stereocenters. The summed E-state index contributed by atoms with van der Waals surface area (Å²) < 4.78 is 12.1. The lowest BCUT2D eigenvalue weighted by Gasteiger charge is -2.42. The fraction of sp³-hybridized carbons (Fsp3) is 0.950. The molecule has 4 rings (SSSR count). The maximum atomic E-state index is 12.0. The van der Waals surface area contributed by atoms with E-state index in [2.05, 4.69) is 13.8 Å². The van der Waals surface area contributed by atoms with Gasteiger partial charge in [0.25, 0.3) is 0 Å². The summed E-state index contributed by atoms with van der Waals surface area (Å²) >= 11 is 0. The third-order valence-electron chi connectivity index (χ3n) is 7.30. The van der Waals surface area contributed by atoms with Crippen LogP contribution < -0.4 is 0 Å². The molecule has 4 aliphatic rings. The van der Waals surface area contributed by atoms with E-state index in [1.54, 1.807) is 0 Å². The van der Waals surface area contributed by atoms with Gasteiger partial charge in [0.15, 0.2) is 0 Å². The Bertz CT molecular complexity index is 474. The van der Waals surface area contributed by atoms with E-state index in [4.69, 9.17) is 9.47 Å². The van der Waals surface area contributed by atoms with Gasteiger partial charge in [-0.15, -0.1) is 0 Å². The number of carbonyl (C=O) groups is 1. The summed E-state index contributed by atoms with van der Waals surface area (Å²) in [4.78, 5) is 12.0. The number of rotatable bonds is 6. The monoisotopic (exact) mass is 320 g/mol. The van der Waals surface area contributed by atoms with Crippen LogP contribution in [0.5, 0.6) is 0 Å². The lowest BCUT2D eigenvalue weighted by atomic mass is 9.69. The molecule has 0 N–H and O–H groups in total. The van der Waals surface area contributed by atoms with Crippen LogP contribution in [0.2, 0.25) is 0 Å². The number of carbonyl (C=O) groups excluding carboxylic acids is 1. The van der Waals surface area contributed by atoms with Gasteiger partial charge in [-0.3, -0.25) is 4.79 Å². The van der Waals surface area contributed by atoms with E-state index in [0.717, 1.165) is 36.0 Å². The van der Waals surface area contributed by atoms with Crippen molar-refractivity contribution in [1.29, 1.82) is 0 Å². The van der Waals surface area contributed by atoms with Gasteiger partial charge in [0.2, 0.25) is 6.29 Å². The van der Waals surface area contributed by atoms with Crippen molar-refractivity contribution in [2.75, 3.05) is 0 Å². The van der Waals surface area contributed by atoms with Crippen molar-refractivity contribution in [2.45, 2.75) is 84.0 Å². The molecule has 0 aliphatic heterocycles. The van der Waals surface area contributed by atoms with Crippen LogP contribution in [-0.2, 0) is 14.3 Å². The molecule has 0 aromatic carbocycles. The Morgan fingerprint density at radius 2 is 1.91 bits per heavy atom. The molecule has 0 amide bonds. The molecule has 0 saturated heterocycles. The molecule has 23 heavy (non-hydrogen) atoms. The molecular formula is C20H32O3. The molecule has 0 aromatic heterocycles. The van der Waals surface area contributed by atoms with Gasteiger partial charge in [-0.25, -0.2) is 0 Å². The van der Waals surface area contributed by atoms with Crippen molar-refractivity contribution in [3.63, 3.8) is 0 Å². The highest BCUT2D eigenvalue weighted by molar-refractivity contribution is 5.69. The van der Waals surface area contributed by atoms with Gasteiger partial charge in [0, 0.05) is 6.42 Å². The Morgan fingerprint density at radius 3 is 2.70 bits per heavy atom. The topological polar surface area (TPSA) is 35.5 Å². The average Bonchev–Trinajstić information content (AvgIpc) is 3.22. The lowest BCUT2D eigenvalue weighted by molar-refractivity contribution is -0.221. The smallest absolute Gasteiger partial charge is 0.308 e. The van der Waals surface area contributed by atoms with Crippen LogP contribution in [0, 0.1) is 35.5 Å². The lowest BCUT2D eigenvalue weighted by Crippen LogP contribution is -2.44. The fourth-order valence-corrected chi connectivity index (χ4v) is 6.69. The molecule has 0 aromatic rings. The first-order valence-electron chi connectivity index (χ1n) is 9.86. The standard InChI is InChI=1S/C20H32O3/c1-12(2)4-7-17(21)22-13(3)23-20-9-8-16(11-20)18-14-5-6-15(10-14)19(18)20/h12-16,18-19H,4-11H2,1-3H3. The van der Waals surface area contributed by atoms with Crippen LogP contribution in [0.15, 0.2) is 0 Å². The number of ether oxygens (including phenoxy) is 2. The Hall–Kier alpha value is -0.570. The predicted molar refractivity (Wildman–Crippen MR) is 88.6 cm³/mol. The first-order valence-corrected chi connectivity index (χ1v) is 9.86. The van der Waals surface area contributed by atoms with E-state index in [9.17, 15) is 4.79 Å². The highest BCUT2D eigenvalue weighted by atomic mass is 16.7. The van der Waals surface area contributed by atoms with Crippen LogP contribution in [0.25, 0.3) is 0 Å². The Balaban J connectivity index is 1.37. The number of fused-ring (bicyclic) bond motifs is 9. The summed E-state index contributed by atoms with van der Waals surface area (Å²) in [5, 5.41) is 0. The second-order valence-electron chi connectivity index (χ2n) is 9.11. The zero-order valence-electron chi connectivity index (χ0n) is 14.9. The Kier molecular flexibility index (Phi) is 3.98. The van der Waals surface area contributed by atoms with Gasteiger partial charge >= 0.3 is 5.97 Å². The molecule has 0 heterocycles. The minimum atomic E-state index is -0.383. The third-order valence-corrected chi connectivity index (χ3v) is 7.30. The van der Waals surface area contributed by atoms with E-state index in [-0.39, 0.29) is 17.9 Å². The molecule has 3 nitrogen and oxygen atoms in total. The van der Waals surface area contributed by atoms with Gasteiger partial charge in [0.1, 0.15) is 0 Å². The SMILES string of the molecule is CC(C)CCC(=O)OC(C)OC12CCC(C1)C1C3CCC(C3)C12. The highest BCUT2D eigenvalue weighted by Gasteiger charge is 2.67. The van der Waals surface area contributed by atoms with Crippen LogP contribution in [-0.4, -0.2) is 17.9 Å². The Labute approximate surface area is 140 Å². The quantitative estimate of drug-likeness (QED) is 0.409. The fourth-order valence-electron chi connectivity index (χ4n) is 6.69. The number of hydrogen-bond donors (Lipinski definition) is 0. The number of esters is 1. The summed E-state index contributed by atoms with van der Waals surface area (Å²) in [6.07, 6.45) is 9.08. The molecule has 4 saturated carbocycles. The predicted octanol–water partition coefficient (Wildman–Crippen LogP) is 4.54. The third kappa shape index (κ3) is 2.63. The van der Waals surface area contributed by atoms with Crippen LogP contribution >= 0.6 is 0 Å². The normalized spacial score (nSPS) is 44.8. The molecule has 4 aliphatic carbocycles. The van der Waals surface area contributed by atoms with E-state index in [1.165, 1.54) is 38.5 Å². The largest absolute Gasteiger partial charge is 0.436 e. The van der Waals surface area contributed by atoms with E-state index in [0.29, 0.717) is 12.3 Å². The zero-order chi connectivity index (χ0) is 16.2. The molecule has 7 atom stereocenters. The van der Waals surface area contributed by atoms with Crippen LogP contribution in [0.1, 0.15) is 72.1 Å². The van der Waals surface area contributed by atoms with E-state index >= 15 is 0 Å². The molecule has 4 fully saturated rings. The summed E-state index contributed by atoms with van der Waals surface area (Å²) in [7, 11) is 0. The molecule has 3 heteroatoms. The zero-order valence-corrected chi connectivity index (χ0v) is 14.9. The molecule has 4 bridgehead atoms. The van der Waals surface area contributed by atoms with Crippen molar-refractivity contribution in [2.24, 2.45) is 35.5 Å². The first-order chi connectivity index (χ1) is 11.0. The molecular weight excluding hydrogens is 288 g/mol. The Morgan fingerprint density at radius 1 is 1.13 bits per heavy atom. The maximum absolute atomic E-state index is 12.0. The summed E-state index contributed by atoms with van der Waals surface area (Å²) in [6.45, 7) is 6.20. The first kappa shape index (κ1) is 15.9. The van der Waals surface area contributed by atoms with Crippen molar-refractivity contribution < 1.29 is 14.3 Å². The summed E-state index contributed by atoms with van der Waals surface area (Å²) in [6, 6.07) is 0. The summed E-state index contributed by atoms with van der Waals surface area (Å²) in [5.41, 5.74) is 0.0346. The van der Waals surface area contributed by atoms with Gasteiger partial charge in [-0.2, -0.15) is 0 Å². The minimum Gasteiger partial charge on any atom is -0.436 e. The van der Waals surface area contributed by atoms with Gasteiger partial charge in [0.05, 0.1) is 5.60 Å². The molecule has 0 radical (unpaired) electrons. The van der Waals surface area contributed by atoms with Crippen LogP contribution in [0.3, 0.4) is 0 Å². The van der Waals surface area contributed by atoms with Gasteiger partial charge in [-0.1, -0.05) is 13.8 Å². The second-order valence-corrected chi connectivity index (χ2v) is 9.11. The van der Waals surface area contributed by atoms with Crippen molar-refractivity contribution in [3.8, 4) is 0 Å². The van der Waals surface area contributed by atoms with Crippen molar-refractivity contribution in [3.05, 3.63) is 0 Å². The van der Waals surface area contributed by atoms with E-state index < -0.39 is 0 Å². The summed E-state index contributed by atoms with van der Waals surface area (Å²) in [5.74, 6) is 4.88. The van der Waals surface area contributed by atoms with Gasteiger partial charge in [-0.05, 0) is 87.4 Å². The number of hydrogen-bond acceptors (Lipinski definition) is 3. The van der Waals surface area contributed by atoms with Crippen LogP contribution in [0.4, 0.5) is 0 Å².